The van der Waals surface area contributed by atoms with E-state index in [-0.39, 0.29) is 24.0 Å². The Morgan fingerprint density at radius 3 is 2.41 bits per heavy atom. The van der Waals surface area contributed by atoms with Gasteiger partial charge in [-0.05, 0) is 26.2 Å². The monoisotopic (exact) mass is 263 g/mol. The van der Waals surface area contributed by atoms with Gasteiger partial charge in [0.2, 0.25) is 5.91 Å². The summed E-state index contributed by atoms with van der Waals surface area (Å²) in [6.07, 6.45) is 0.524. The third-order valence-corrected chi connectivity index (χ3v) is 4.82. The molecule has 1 amide bonds. The predicted molar refractivity (Wildman–Crippen MR) is 61.2 cm³/mol. The molecule has 0 radical (unpaired) electrons. The summed E-state index contributed by atoms with van der Waals surface area (Å²) in [6.45, 7) is 2.85. The Balaban J connectivity index is 2.48. The highest BCUT2D eigenvalue weighted by molar-refractivity contribution is 7.91. The minimum absolute atomic E-state index is 0.0702. The van der Waals surface area contributed by atoms with Crippen LogP contribution >= 0.6 is 0 Å². The first-order chi connectivity index (χ1) is 7.65. The minimum atomic E-state index is -2.96. The summed E-state index contributed by atoms with van der Waals surface area (Å²) in [5.74, 6) is -1.67. The molecule has 2 N–H and O–H groups in total. The zero-order chi connectivity index (χ0) is 13.3. The fraction of sp³-hybridized carbons (Fsp3) is 0.800. The van der Waals surface area contributed by atoms with Crippen molar-refractivity contribution in [3.05, 3.63) is 0 Å². The molecule has 0 aromatic carbocycles. The van der Waals surface area contributed by atoms with Gasteiger partial charge in [-0.3, -0.25) is 9.59 Å². The van der Waals surface area contributed by atoms with Crippen molar-refractivity contribution >= 4 is 21.7 Å². The second-order valence-electron chi connectivity index (χ2n) is 4.91. The molecule has 0 aliphatic carbocycles. The lowest BCUT2D eigenvalue weighted by molar-refractivity contribution is -0.153. The molecule has 0 aromatic heterocycles. The maximum atomic E-state index is 11.6. The highest BCUT2D eigenvalue weighted by Crippen LogP contribution is 2.19. The molecule has 7 heteroatoms. The summed E-state index contributed by atoms with van der Waals surface area (Å²) in [5.41, 5.74) is -1.49. The first kappa shape index (κ1) is 14.0. The van der Waals surface area contributed by atoms with Crippen molar-refractivity contribution in [2.45, 2.75) is 20.3 Å². The lowest BCUT2D eigenvalue weighted by Gasteiger charge is -2.19. The van der Waals surface area contributed by atoms with E-state index in [1.165, 1.54) is 13.8 Å². The van der Waals surface area contributed by atoms with E-state index in [1.807, 2.05) is 0 Å². The molecule has 0 bridgehead atoms. The van der Waals surface area contributed by atoms with Gasteiger partial charge >= 0.3 is 5.97 Å². The molecular weight excluding hydrogens is 246 g/mol. The standard InChI is InChI=1S/C10H17NO5S/c1-10(2,9(13)14)8(12)11-5-7-3-4-17(15,16)6-7/h7H,3-6H2,1-2H3,(H,11,12)(H,13,14). The Bertz CT molecular complexity index is 426. The van der Waals surface area contributed by atoms with Crippen molar-refractivity contribution in [2.24, 2.45) is 11.3 Å². The van der Waals surface area contributed by atoms with Crippen molar-refractivity contribution in [3.63, 3.8) is 0 Å². The summed E-state index contributed by atoms with van der Waals surface area (Å²) in [4.78, 5) is 22.4. The average molecular weight is 263 g/mol. The molecule has 6 nitrogen and oxygen atoms in total. The molecule has 1 atom stereocenters. The molecule has 1 rings (SSSR count). The van der Waals surface area contributed by atoms with Crippen LogP contribution in [0.1, 0.15) is 20.3 Å². The second-order valence-corrected chi connectivity index (χ2v) is 7.14. The van der Waals surface area contributed by atoms with E-state index >= 15 is 0 Å². The fourth-order valence-electron chi connectivity index (χ4n) is 1.59. The third-order valence-electron chi connectivity index (χ3n) is 2.98. The van der Waals surface area contributed by atoms with E-state index in [0.717, 1.165) is 0 Å². The van der Waals surface area contributed by atoms with Gasteiger partial charge in [0.25, 0.3) is 0 Å². The van der Waals surface area contributed by atoms with E-state index in [1.54, 1.807) is 0 Å². The molecule has 17 heavy (non-hydrogen) atoms. The quantitative estimate of drug-likeness (QED) is 0.675. The number of hydrogen-bond donors (Lipinski definition) is 2. The van der Waals surface area contributed by atoms with E-state index in [9.17, 15) is 18.0 Å². The Morgan fingerprint density at radius 1 is 1.41 bits per heavy atom. The Morgan fingerprint density at radius 2 is 2.00 bits per heavy atom. The summed E-state index contributed by atoms with van der Waals surface area (Å²) in [6, 6.07) is 0. The van der Waals surface area contributed by atoms with Gasteiger partial charge in [-0.2, -0.15) is 0 Å². The molecule has 0 aromatic rings. The van der Waals surface area contributed by atoms with Crippen LogP contribution in [-0.2, 0) is 19.4 Å². The van der Waals surface area contributed by atoms with Crippen molar-refractivity contribution in [3.8, 4) is 0 Å². The molecule has 1 aliphatic rings. The number of carboxylic acids is 1. The molecule has 1 saturated heterocycles. The van der Waals surface area contributed by atoms with Crippen LogP contribution in [0.2, 0.25) is 0 Å². The lowest BCUT2D eigenvalue weighted by atomic mass is 9.92. The van der Waals surface area contributed by atoms with Crippen molar-refractivity contribution in [1.29, 1.82) is 0 Å². The first-order valence-electron chi connectivity index (χ1n) is 5.37. The highest BCUT2D eigenvalue weighted by Gasteiger charge is 2.36. The molecular formula is C10H17NO5S. The number of rotatable bonds is 4. The van der Waals surface area contributed by atoms with Crippen LogP contribution in [0.5, 0.6) is 0 Å². The van der Waals surface area contributed by atoms with Gasteiger partial charge in [-0.1, -0.05) is 0 Å². The van der Waals surface area contributed by atoms with Crippen LogP contribution in [0.15, 0.2) is 0 Å². The lowest BCUT2D eigenvalue weighted by Crippen LogP contribution is -2.44. The zero-order valence-electron chi connectivity index (χ0n) is 9.89. The number of aliphatic carboxylic acids is 1. The molecule has 0 spiro atoms. The molecule has 1 unspecified atom stereocenters. The number of carbonyl (C=O) groups is 2. The predicted octanol–water partition coefficient (Wildman–Crippen LogP) is -0.352. The van der Waals surface area contributed by atoms with Crippen LogP contribution < -0.4 is 5.32 Å². The molecule has 98 valence electrons. The number of sulfone groups is 1. The molecule has 1 aliphatic heterocycles. The molecule has 0 saturated carbocycles. The van der Waals surface area contributed by atoms with Gasteiger partial charge in [0.1, 0.15) is 5.41 Å². The minimum Gasteiger partial charge on any atom is -0.480 e. The topological polar surface area (TPSA) is 101 Å². The summed E-state index contributed by atoms with van der Waals surface area (Å²) in [5, 5.41) is 11.3. The van der Waals surface area contributed by atoms with E-state index in [2.05, 4.69) is 5.32 Å². The SMILES string of the molecule is CC(C)(C(=O)O)C(=O)NCC1CCS(=O)(=O)C1. The Hall–Kier alpha value is -1.11. The maximum Gasteiger partial charge on any atom is 0.318 e. The van der Waals surface area contributed by atoms with Gasteiger partial charge < -0.3 is 10.4 Å². The first-order valence-corrected chi connectivity index (χ1v) is 7.19. The van der Waals surface area contributed by atoms with Crippen LogP contribution in [0, 0.1) is 11.3 Å². The smallest absolute Gasteiger partial charge is 0.318 e. The van der Waals surface area contributed by atoms with Crippen molar-refractivity contribution in [1.82, 2.24) is 5.32 Å². The van der Waals surface area contributed by atoms with E-state index in [0.29, 0.717) is 6.42 Å². The zero-order valence-corrected chi connectivity index (χ0v) is 10.7. The highest BCUT2D eigenvalue weighted by atomic mass is 32.2. The fourth-order valence-corrected chi connectivity index (χ4v) is 3.45. The van der Waals surface area contributed by atoms with Gasteiger partial charge in [-0.25, -0.2) is 8.42 Å². The van der Waals surface area contributed by atoms with Crippen molar-refractivity contribution in [2.75, 3.05) is 18.1 Å². The maximum absolute atomic E-state index is 11.6. The van der Waals surface area contributed by atoms with Gasteiger partial charge in [-0.15, -0.1) is 0 Å². The van der Waals surface area contributed by atoms with Crippen LogP contribution in [0.3, 0.4) is 0 Å². The Kier molecular flexibility index (Phi) is 3.81. The number of carboxylic acid groups (broad SMARTS) is 1. The van der Waals surface area contributed by atoms with E-state index in [4.69, 9.17) is 5.11 Å². The normalized spacial score (nSPS) is 23.3. The molecule has 1 fully saturated rings. The van der Waals surface area contributed by atoms with Crippen LogP contribution in [0.25, 0.3) is 0 Å². The number of carbonyl (C=O) groups excluding carboxylic acids is 1. The number of hydrogen-bond acceptors (Lipinski definition) is 4. The summed E-state index contributed by atoms with van der Waals surface area (Å²) < 4.78 is 22.4. The number of nitrogens with one attached hydrogen (secondary N) is 1. The number of amides is 1. The van der Waals surface area contributed by atoms with E-state index < -0.39 is 27.1 Å². The van der Waals surface area contributed by atoms with Gasteiger partial charge in [0.15, 0.2) is 9.84 Å². The van der Waals surface area contributed by atoms with Crippen LogP contribution in [-0.4, -0.2) is 43.5 Å². The van der Waals surface area contributed by atoms with Gasteiger partial charge in [0.05, 0.1) is 11.5 Å². The third kappa shape index (κ3) is 3.42. The molecule has 1 heterocycles. The van der Waals surface area contributed by atoms with Crippen molar-refractivity contribution < 1.29 is 23.1 Å². The van der Waals surface area contributed by atoms with Gasteiger partial charge in [0, 0.05) is 6.54 Å². The Labute approximate surface area is 100 Å². The summed E-state index contributed by atoms with van der Waals surface area (Å²) in [7, 11) is -2.96. The largest absolute Gasteiger partial charge is 0.480 e. The second kappa shape index (κ2) is 4.64. The van der Waals surface area contributed by atoms with Crippen LogP contribution in [0.4, 0.5) is 0 Å². The summed E-state index contributed by atoms with van der Waals surface area (Å²) >= 11 is 0. The average Bonchev–Trinajstić information content (AvgIpc) is 2.54.